The summed E-state index contributed by atoms with van der Waals surface area (Å²) in [6, 6.07) is 10.4. The highest BCUT2D eigenvalue weighted by Gasteiger charge is 2.09. The van der Waals surface area contributed by atoms with E-state index in [1.165, 1.54) is 6.92 Å². The van der Waals surface area contributed by atoms with Crippen molar-refractivity contribution in [1.82, 2.24) is 0 Å². The van der Waals surface area contributed by atoms with Crippen molar-refractivity contribution in [2.45, 2.75) is 6.92 Å². The van der Waals surface area contributed by atoms with Gasteiger partial charge in [-0.3, -0.25) is 4.79 Å². The molecule has 2 rings (SSSR count). The molecular formula is C14H9Cl3O. The zero-order chi connectivity index (χ0) is 13.3. The normalized spacial score (nSPS) is 10.4. The first kappa shape index (κ1) is 13.4. The van der Waals surface area contributed by atoms with Crippen LogP contribution in [0, 0.1) is 0 Å². The number of carbonyl (C=O) groups is 1. The van der Waals surface area contributed by atoms with E-state index in [1.54, 1.807) is 30.3 Å². The van der Waals surface area contributed by atoms with Crippen LogP contribution in [0.25, 0.3) is 11.1 Å². The fourth-order valence-electron chi connectivity index (χ4n) is 1.63. The Morgan fingerprint density at radius 1 is 0.889 bits per heavy atom. The highest BCUT2D eigenvalue weighted by atomic mass is 35.5. The predicted octanol–water partition coefficient (Wildman–Crippen LogP) is 5.52. The number of Topliss-reactive ketones (excluding diaryl/α,β-unsaturated/α-hetero) is 1. The molecule has 4 heteroatoms. The molecule has 2 aromatic rings. The van der Waals surface area contributed by atoms with Crippen molar-refractivity contribution in [2.75, 3.05) is 0 Å². The Morgan fingerprint density at radius 2 is 1.56 bits per heavy atom. The smallest absolute Gasteiger partial charge is 0.159 e. The van der Waals surface area contributed by atoms with E-state index in [2.05, 4.69) is 0 Å². The minimum absolute atomic E-state index is 0.00650. The number of halogens is 3. The summed E-state index contributed by atoms with van der Waals surface area (Å²) in [5, 5.41) is 1.51. The highest BCUT2D eigenvalue weighted by molar-refractivity contribution is 6.42. The Bertz CT molecular complexity index is 620. The monoisotopic (exact) mass is 298 g/mol. The first-order valence-corrected chi connectivity index (χ1v) is 6.38. The van der Waals surface area contributed by atoms with E-state index >= 15 is 0 Å². The van der Waals surface area contributed by atoms with Crippen LogP contribution in [-0.2, 0) is 0 Å². The van der Waals surface area contributed by atoms with Gasteiger partial charge in [0.1, 0.15) is 0 Å². The van der Waals surface area contributed by atoms with Crippen molar-refractivity contribution in [3.05, 3.63) is 57.0 Å². The molecule has 0 unspecified atom stereocenters. The lowest BCUT2D eigenvalue weighted by Crippen LogP contribution is -1.92. The predicted molar refractivity (Wildman–Crippen MR) is 76.9 cm³/mol. The molecule has 0 amide bonds. The van der Waals surface area contributed by atoms with Gasteiger partial charge in [0.15, 0.2) is 5.78 Å². The number of hydrogen-bond donors (Lipinski definition) is 0. The molecule has 0 N–H and O–H groups in total. The summed E-state index contributed by atoms with van der Waals surface area (Å²) in [5.41, 5.74) is 2.21. The molecule has 92 valence electrons. The van der Waals surface area contributed by atoms with Crippen LogP contribution in [0.4, 0.5) is 0 Å². The molecule has 0 aliphatic heterocycles. The maximum Gasteiger partial charge on any atom is 0.159 e. The summed E-state index contributed by atoms with van der Waals surface area (Å²) in [5.74, 6) is -0.00650. The second kappa shape index (κ2) is 5.31. The van der Waals surface area contributed by atoms with Gasteiger partial charge in [0.25, 0.3) is 0 Å². The Kier molecular flexibility index (Phi) is 3.96. The second-order valence-corrected chi connectivity index (χ2v) is 5.10. The average Bonchev–Trinajstić information content (AvgIpc) is 2.33. The third-order valence-electron chi connectivity index (χ3n) is 2.60. The second-order valence-electron chi connectivity index (χ2n) is 3.88. The summed E-state index contributed by atoms with van der Waals surface area (Å²) < 4.78 is 0. The maximum absolute atomic E-state index is 11.4. The Morgan fingerprint density at radius 3 is 2.17 bits per heavy atom. The molecule has 18 heavy (non-hydrogen) atoms. The van der Waals surface area contributed by atoms with Crippen molar-refractivity contribution in [2.24, 2.45) is 0 Å². The fourth-order valence-corrected chi connectivity index (χ4v) is 2.15. The molecule has 0 saturated heterocycles. The number of carbonyl (C=O) groups excluding carboxylic acids is 1. The first-order valence-electron chi connectivity index (χ1n) is 5.25. The van der Waals surface area contributed by atoms with Crippen LogP contribution >= 0.6 is 34.8 Å². The SMILES string of the molecule is CC(=O)c1ccc(Cl)c(-c2ccc(Cl)c(Cl)c2)c1. The van der Waals surface area contributed by atoms with Crippen LogP contribution in [-0.4, -0.2) is 5.78 Å². The summed E-state index contributed by atoms with van der Waals surface area (Å²) in [6.45, 7) is 1.52. The largest absolute Gasteiger partial charge is 0.295 e. The van der Waals surface area contributed by atoms with E-state index in [1.807, 2.05) is 6.07 Å². The summed E-state index contributed by atoms with van der Waals surface area (Å²) >= 11 is 18.0. The number of hydrogen-bond acceptors (Lipinski definition) is 1. The molecule has 0 saturated carbocycles. The minimum atomic E-state index is -0.00650. The van der Waals surface area contributed by atoms with Gasteiger partial charge < -0.3 is 0 Å². The van der Waals surface area contributed by atoms with Gasteiger partial charge in [-0.25, -0.2) is 0 Å². The molecule has 0 fully saturated rings. The molecule has 0 aliphatic carbocycles. The molecule has 1 nitrogen and oxygen atoms in total. The van der Waals surface area contributed by atoms with Crippen molar-refractivity contribution >= 4 is 40.6 Å². The summed E-state index contributed by atoms with van der Waals surface area (Å²) in [7, 11) is 0. The van der Waals surface area contributed by atoms with Crippen LogP contribution in [0.2, 0.25) is 15.1 Å². The molecule has 2 aromatic carbocycles. The van der Waals surface area contributed by atoms with E-state index in [-0.39, 0.29) is 5.78 Å². The number of benzene rings is 2. The highest BCUT2D eigenvalue weighted by Crippen LogP contribution is 2.33. The van der Waals surface area contributed by atoms with Crippen LogP contribution in [0.3, 0.4) is 0 Å². The summed E-state index contributed by atoms with van der Waals surface area (Å²) in [6.07, 6.45) is 0. The quantitative estimate of drug-likeness (QED) is 0.668. The van der Waals surface area contributed by atoms with Gasteiger partial charge in [0, 0.05) is 16.1 Å². The van der Waals surface area contributed by atoms with Crippen molar-refractivity contribution in [3.63, 3.8) is 0 Å². The van der Waals surface area contributed by atoms with Crippen molar-refractivity contribution in [1.29, 1.82) is 0 Å². The third-order valence-corrected chi connectivity index (χ3v) is 3.67. The standard InChI is InChI=1S/C14H9Cl3O/c1-8(18)9-2-4-12(15)11(6-9)10-3-5-13(16)14(17)7-10/h2-7H,1H3. The van der Waals surface area contributed by atoms with Crippen LogP contribution in [0.5, 0.6) is 0 Å². The fraction of sp³-hybridized carbons (Fsp3) is 0.0714. The molecule has 0 heterocycles. The average molecular weight is 300 g/mol. The van der Waals surface area contributed by atoms with Gasteiger partial charge in [-0.05, 0) is 42.8 Å². The maximum atomic E-state index is 11.4. The Balaban J connectivity index is 2.58. The molecule has 0 aliphatic rings. The van der Waals surface area contributed by atoms with E-state index in [4.69, 9.17) is 34.8 Å². The van der Waals surface area contributed by atoms with Gasteiger partial charge >= 0.3 is 0 Å². The lowest BCUT2D eigenvalue weighted by molar-refractivity contribution is 0.101. The molecule has 0 radical (unpaired) electrons. The van der Waals surface area contributed by atoms with Crippen LogP contribution in [0.1, 0.15) is 17.3 Å². The number of ketones is 1. The lowest BCUT2D eigenvalue weighted by Gasteiger charge is -2.07. The van der Waals surface area contributed by atoms with Crippen molar-refractivity contribution in [3.8, 4) is 11.1 Å². The molecule has 0 atom stereocenters. The zero-order valence-corrected chi connectivity index (χ0v) is 11.8. The van der Waals surface area contributed by atoms with Gasteiger partial charge in [0.05, 0.1) is 10.0 Å². The topological polar surface area (TPSA) is 17.1 Å². The lowest BCUT2D eigenvalue weighted by atomic mass is 10.0. The van der Waals surface area contributed by atoms with Gasteiger partial charge in [0.2, 0.25) is 0 Å². The molecule has 0 spiro atoms. The molecule has 0 aromatic heterocycles. The van der Waals surface area contributed by atoms with E-state index < -0.39 is 0 Å². The third kappa shape index (κ3) is 2.69. The van der Waals surface area contributed by atoms with Gasteiger partial charge in [-0.2, -0.15) is 0 Å². The number of rotatable bonds is 2. The summed E-state index contributed by atoms with van der Waals surface area (Å²) in [4.78, 5) is 11.4. The van der Waals surface area contributed by atoms with E-state index in [0.29, 0.717) is 20.6 Å². The molecular weight excluding hydrogens is 291 g/mol. The van der Waals surface area contributed by atoms with Crippen LogP contribution in [0.15, 0.2) is 36.4 Å². The Hall–Kier alpha value is -1.02. The van der Waals surface area contributed by atoms with E-state index in [9.17, 15) is 4.79 Å². The zero-order valence-electron chi connectivity index (χ0n) is 9.51. The van der Waals surface area contributed by atoms with Gasteiger partial charge in [-0.1, -0.05) is 40.9 Å². The van der Waals surface area contributed by atoms with E-state index in [0.717, 1.165) is 11.1 Å². The first-order chi connectivity index (χ1) is 8.49. The van der Waals surface area contributed by atoms with Crippen LogP contribution < -0.4 is 0 Å². The molecule has 0 bridgehead atoms. The van der Waals surface area contributed by atoms with Crippen molar-refractivity contribution < 1.29 is 4.79 Å². The van der Waals surface area contributed by atoms with Gasteiger partial charge in [-0.15, -0.1) is 0 Å². The Labute approximate surface area is 120 Å². The minimum Gasteiger partial charge on any atom is -0.295 e.